The summed E-state index contributed by atoms with van der Waals surface area (Å²) in [5.74, 6) is 2.16. The van der Waals surface area contributed by atoms with Crippen LogP contribution in [0, 0.1) is 5.92 Å². The summed E-state index contributed by atoms with van der Waals surface area (Å²) in [4.78, 5) is 17.5. The van der Waals surface area contributed by atoms with Crippen molar-refractivity contribution in [3.8, 4) is 5.88 Å². The largest absolute Gasteiger partial charge is 0.481 e. The fraction of sp³-hybridized carbons (Fsp3) is 0.562. The van der Waals surface area contributed by atoms with Gasteiger partial charge in [0.2, 0.25) is 5.88 Å². The van der Waals surface area contributed by atoms with E-state index in [9.17, 15) is 0 Å². The average Bonchev–Trinajstić information content (AvgIpc) is 3.19. The van der Waals surface area contributed by atoms with Crippen LogP contribution in [0.2, 0.25) is 0 Å². The van der Waals surface area contributed by atoms with Crippen molar-refractivity contribution in [1.29, 1.82) is 0 Å². The van der Waals surface area contributed by atoms with Gasteiger partial charge in [-0.1, -0.05) is 11.3 Å². The van der Waals surface area contributed by atoms with Crippen LogP contribution in [0.4, 0.5) is 5.13 Å². The number of piperidine rings is 3. The minimum absolute atomic E-state index is 0.0526. The Morgan fingerprint density at radius 1 is 1.33 bits per heavy atom. The van der Waals surface area contributed by atoms with E-state index in [-0.39, 0.29) is 5.54 Å². The van der Waals surface area contributed by atoms with Crippen LogP contribution in [0.5, 0.6) is 5.88 Å². The maximum atomic E-state index is 5.18. The zero-order chi connectivity index (χ0) is 16.1. The highest BCUT2D eigenvalue weighted by Gasteiger charge is 2.49. The number of fused-ring (bicyclic) bond motifs is 3. The number of methoxy groups -OCH3 is 1. The van der Waals surface area contributed by atoms with Crippen LogP contribution in [0.1, 0.15) is 12.8 Å². The van der Waals surface area contributed by atoms with E-state index in [2.05, 4.69) is 25.5 Å². The van der Waals surface area contributed by atoms with Crippen molar-refractivity contribution in [1.82, 2.24) is 20.2 Å². The second-order valence-corrected chi connectivity index (χ2v) is 7.77. The predicted octanol–water partition coefficient (Wildman–Crippen LogP) is 1.54. The number of guanidine groups is 1. The van der Waals surface area contributed by atoms with Crippen molar-refractivity contribution >= 4 is 32.8 Å². The van der Waals surface area contributed by atoms with Gasteiger partial charge in [0.25, 0.3) is 0 Å². The highest BCUT2D eigenvalue weighted by Crippen LogP contribution is 2.39. The highest BCUT2D eigenvalue weighted by molar-refractivity contribution is 7.21. The van der Waals surface area contributed by atoms with Crippen LogP contribution in [-0.4, -0.2) is 59.7 Å². The minimum atomic E-state index is 0.0526. The summed E-state index contributed by atoms with van der Waals surface area (Å²) in [6, 6.07) is 3.76. The lowest BCUT2D eigenvalue weighted by Gasteiger charge is -2.49. The molecule has 8 heteroatoms. The van der Waals surface area contributed by atoms with Gasteiger partial charge in [-0.3, -0.25) is 0 Å². The van der Waals surface area contributed by atoms with Crippen LogP contribution in [0.3, 0.4) is 0 Å². The minimum Gasteiger partial charge on any atom is -0.481 e. The zero-order valence-corrected chi connectivity index (χ0v) is 14.4. The molecule has 1 unspecified atom stereocenters. The summed E-state index contributed by atoms with van der Waals surface area (Å²) in [6.45, 7) is 4.47. The molecule has 2 N–H and O–H groups in total. The number of aliphatic imine (C=N–C) groups is 1. The van der Waals surface area contributed by atoms with Crippen LogP contribution in [0.15, 0.2) is 17.1 Å². The van der Waals surface area contributed by atoms with Gasteiger partial charge in [0.05, 0.1) is 12.6 Å². The molecule has 0 aromatic carbocycles. The van der Waals surface area contributed by atoms with Crippen molar-refractivity contribution in [2.45, 2.75) is 18.4 Å². The molecular weight excluding hydrogens is 324 g/mol. The molecule has 3 fully saturated rings. The van der Waals surface area contributed by atoms with Gasteiger partial charge in [0.15, 0.2) is 11.1 Å². The van der Waals surface area contributed by atoms with E-state index in [1.807, 2.05) is 12.1 Å². The van der Waals surface area contributed by atoms with Gasteiger partial charge < -0.3 is 20.3 Å². The molecule has 4 aliphatic heterocycles. The third kappa shape index (κ3) is 2.24. The van der Waals surface area contributed by atoms with Gasteiger partial charge in [0, 0.05) is 19.2 Å². The Morgan fingerprint density at radius 3 is 2.96 bits per heavy atom. The van der Waals surface area contributed by atoms with Crippen LogP contribution in [-0.2, 0) is 0 Å². The van der Waals surface area contributed by atoms with Crippen molar-refractivity contribution in [3.63, 3.8) is 0 Å². The molecule has 24 heavy (non-hydrogen) atoms. The van der Waals surface area contributed by atoms with Gasteiger partial charge in [-0.25, -0.2) is 15.0 Å². The molecule has 6 heterocycles. The Morgan fingerprint density at radius 2 is 2.21 bits per heavy atom. The summed E-state index contributed by atoms with van der Waals surface area (Å²) >= 11 is 1.52. The number of hydrogen-bond acceptors (Lipinski definition) is 8. The number of aromatic nitrogens is 2. The van der Waals surface area contributed by atoms with Gasteiger partial charge >= 0.3 is 0 Å². The molecule has 0 saturated carbocycles. The fourth-order valence-electron chi connectivity index (χ4n) is 4.15. The third-order valence-corrected chi connectivity index (χ3v) is 6.29. The zero-order valence-electron chi connectivity index (χ0n) is 13.6. The second kappa shape index (κ2) is 5.29. The van der Waals surface area contributed by atoms with E-state index >= 15 is 0 Å². The van der Waals surface area contributed by atoms with Crippen LogP contribution >= 0.6 is 11.3 Å². The summed E-state index contributed by atoms with van der Waals surface area (Å²) in [7, 11) is 1.62. The summed E-state index contributed by atoms with van der Waals surface area (Å²) in [5.41, 5.74) is 0.927. The Balaban J connectivity index is 1.39. The molecule has 7 nitrogen and oxygen atoms in total. The molecular formula is C16H20N6OS. The molecule has 4 aliphatic rings. The molecule has 2 aromatic heterocycles. The summed E-state index contributed by atoms with van der Waals surface area (Å²) in [6.07, 6.45) is 2.53. The van der Waals surface area contributed by atoms with E-state index < -0.39 is 0 Å². The average molecular weight is 344 g/mol. The van der Waals surface area contributed by atoms with Crippen molar-refractivity contribution in [2.75, 3.05) is 38.6 Å². The number of nitrogens with one attached hydrogen (secondary N) is 2. The van der Waals surface area contributed by atoms with Gasteiger partial charge in [-0.2, -0.15) is 0 Å². The number of thiazole rings is 1. The van der Waals surface area contributed by atoms with Crippen LogP contribution in [0.25, 0.3) is 10.3 Å². The molecule has 0 radical (unpaired) electrons. The summed E-state index contributed by atoms with van der Waals surface area (Å²) in [5, 5.41) is 7.61. The number of rotatable bonds is 2. The number of ether oxygens (including phenoxy) is 1. The predicted molar refractivity (Wildman–Crippen MR) is 94.9 cm³/mol. The van der Waals surface area contributed by atoms with Gasteiger partial charge in [-0.05, 0) is 37.9 Å². The molecule has 0 aliphatic carbocycles. The molecule has 126 valence electrons. The SMILES string of the molecule is COc1ccc2nc(NC3=NC4(CN3)CN3CCC4CC3)sc2n1. The molecule has 2 bridgehead atoms. The lowest BCUT2D eigenvalue weighted by Crippen LogP contribution is -2.59. The molecule has 2 aromatic rings. The standard InChI is InChI=1S/C16H20N6OS/c1-23-12-3-2-11-13(19-12)24-15(18-11)20-14-17-8-16(21-14)9-22-6-4-10(16)5-7-22/h2-3,10H,4-9H2,1H3,(H2,17,18,20,21). The van der Waals surface area contributed by atoms with Gasteiger partial charge in [0.1, 0.15) is 10.3 Å². The Kier molecular flexibility index (Phi) is 3.18. The number of pyridine rings is 1. The third-order valence-electron chi connectivity index (χ3n) is 5.41. The topological polar surface area (TPSA) is 74.7 Å². The first-order chi connectivity index (χ1) is 11.7. The fourth-order valence-corrected chi connectivity index (χ4v) is 4.98. The molecule has 3 saturated heterocycles. The lowest BCUT2D eigenvalue weighted by atomic mass is 9.73. The Hall–Kier alpha value is -1.93. The first-order valence-corrected chi connectivity index (χ1v) is 9.20. The van der Waals surface area contributed by atoms with E-state index in [1.54, 1.807) is 7.11 Å². The first-order valence-electron chi connectivity index (χ1n) is 8.39. The van der Waals surface area contributed by atoms with E-state index in [1.165, 1.54) is 37.3 Å². The lowest BCUT2D eigenvalue weighted by molar-refractivity contribution is 0.0374. The Labute approximate surface area is 144 Å². The first kappa shape index (κ1) is 14.4. The van der Waals surface area contributed by atoms with Crippen molar-refractivity contribution in [3.05, 3.63) is 12.1 Å². The summed E-state index contributed by atoms with van der Waals surface area (Å²) < 4.78 is 5.18. The van der Waals surface area contributed by atoms with Crippen molar-refractivity contribution < 1.29 is 4.74 Å². The number of anilines is 1. The highest BCUT2D eigenvalue weighted by atomic mass is 32.1. The van der Waals surface area contributed by atoms with E-state index in [4.69, 9.17) is 9.73 Å². The van der Waals surface area contributed by atoms with E-state index in [0.29, 0.717) is 11.8 Å². The molecule has 1 atom stereocenters. The Bertz CT molecular complexity index is 812. The molecule has 6 rings (SSSR count). The number of nitrogens with zero attached hydrogens (tertiary/aromatic N) is 4. The van der Waals surface area contributed by atoms with Gasteiger partial charge in [-0.15, -0.1) is 0 Å². The quantitative estimate of drug-likeness (QED) is 0.861. The van der Waals surface area contributed by atoms with Crippen LogP contribution < -0.4 is 15.4 Å². The maximum absolute atomic E-state index is 5.18. The van der Waals surface area contributed by atoms with Crippen molar-refractivity contribution in [2.24, 2.45) is 10.9 Å². The molecule has 0 amide bonds. The smallest absolute Gasteiger partial charge is 0.214 e. The normalized spacial score (nSPS) is 31.3. The number of hydrogen-bond donors (Lipinski definition) is 2. The van der Waals surface area contributed by atoms with E-state index in [0.717, 1.165) is 34.5 Å². The maximum Gasteiger partial charge on any atom is 0.214 e. The monoisotopic (exact) mass is 344 g/mol. The molecule has 1 spiro atoms. The second-order valence-electron chi connectivity index (χ2n) is 6.79.